The van der Waals surface area contributed by atoms with Crippen molar-refractivity contribution in [1.29, 1.82) is 0 Å². The molecule has 0 spiro atoms. The van der Waals surface area contributed by atoms with Crippen LogP contribution in [0.25, 0.3) is 0 Å². The van der Waals surface area contributed by atoms with Crippen molar-refractivity contribution in [2.24, 2.45) is 0 Å². The molecule has 2 aromatic carbocycles. The van der Waals surface area contributed by atoms with Crippen LogP contribution in [-0.2, 0) is 4.79 Å². The van der Waals surface area contributed by atoms with Crippen molar-refractivity contribution in [3.05, 3.63) is 48.0 Å². The minimum Gasteiger partial charge on any atom is -0.478 e. The molecular formula is C15H13N3O3. The van der Waals surface area contributed by atoms with E-state index in [2.05, 4.69) is 5.32 Å². The summed E-state index contributed by atoms with van der Waals surface area (Å²) in [7, 11) is 0. The number of hydrogen-bond acceptors (Lipinski definition) is 4. The standard InChI is InChI=1S/C15H13N3O3/c16-10-5-3-4-9(15(20)21)14(10)18-8-13(19)17-11-6-1-2-7-12(11)18/h1-7H,8,16H2,(H,17,19)(H,20,21). The topological polar surface area (TPSA) is 95.7 Å². The Morgan fingerprint density at radius 2 is 1.95 bits per heavy atom. The molecule has 4 N–H and O–H groups in total. The zero-order valence-electron chi connectivity index (χ0n) is 11.0. The molecule has 106 valence electrons. The van der Waals surface area contributed by atoms with Crippen molar-refractivity contribution in [3.8, 4) is 0 Å². The number of fused-ring (bicyclic) bond motifs is 1. The maximum atomic E-state index is 11.9. The van der Waals surface area contributed by atoms with Gasteiger partial charge in [0, 0.05) is 0 Å². The number of hydrogen-bond donors (Lipinski definition) is 3. The molecule has 6 heteroatoms. The second kappa shape index (κ2) is 4.82. The number of carbonyl (C=O) groups excluding carboxylic acids is 1. The van der Waals surface area contributed by atoms with Crippen LogP contribution in [0.15, 0.2) is 42.5 Å². The SMILES string of the molecule is Nc1cccc(C(=O)O)c1N1CC(=O)Nc2ccccc21. The summed E-state index contributed by atoms with van der Waals surface area (Å²) in [4.78, 5) is 24.9. The van der Waals surface area contributed by atoms with Crippen molar-refractivity contribution in [2.75, 3.05) is 22.5 Å². The Labute approximate surface area is 120 Å². The van der Waals surface area contributed by atoms with Crippen molar-refractivity contribution >= 4 is 34.6 Å². The summed E-state index contributed by atoms with van der Waals surface area (Å²) >= 11 is 0. The number of carboxylic acid groups (broad SMARTS) is 1. The first-order valence-electron chi connectivity index (χ1n) is 6.36. The van der Waals surface area contributed by atoms with Gasteiger partial charge in [0.05, 0.1) is 28.3 Å². The van der Waals surface area contributed by atoms with E-state index in [9.17, 15) is 14.7 Å². The fourth-order valence-electron chi connectivity index (χ4n) is 2.47. The lowest BCUT2D eigenvalue weighted by molar-refractivity contribution is -0.115. The lowest BCUT2D eigenvalue weighted by Crippen LogP contribution is -2.36. The quantitative estimate of drug-likeness (QED) is 0.733. The number of carbonyl (C=O) groups is 2. The molecule has 2 aromatic rings. The molecule has 0 fully saturated rings. The summed E-state index contributed by atoms with van der Waals surface area (Å²) in [6, 6.07) is 11.9. The number of amides is 1. The zero-order valence-corrected chi connectivity index (χ0v) is 11.0. The smallest absolute Gasteiger partial charge is 0.337 e. The first-order valence-corrected chi connectivity index (χ1v) is 6.36. The monoisotopic (exact) mass is 283 g/mol. The van der Waals surface area contributed by atoms with E-state index < -0.39 is 5.97 Å². The normalized spacial score (nSPS) is 13.5. The Bertz CT molecular complexity index is 743. The lowest BCUT2D eigenvalue weighted by atomic mass is 10.1. The summed E-state index contributed by atoms with van der Waals surface area (Å²) in [5, 5.41) is 12.1. The molecule has 0 atom stereocenters. The number of benzene rings is 2. The number of nitrogens with two attached hydrogens (primary N) is 1. The maximum absolute atomic E-state index is 11.9. The number of nitrogens with one attached hydrogen (secondary N) is 1. The van der Waals surface area contributed by atoms with Gasteiger partial charge in [-0.2, -0.15) is 0 Å². The van der Waals surface area contributed by atoms with Crippen LogP contribution in [0.3, 0.4) is 0 Å². The Morgan fingerprint density at radius 1 is 1.19 bits per heavy atom. The molecule has 1 heterocycles. The van der Waals surface area contributed by atoms with Gasteiger partial charge in [0.15, 0.2) is 0 Å². The highest BCUT2D eigenvalue weighted by Crippen LogP contribution is 2.39. The molecule has 1 aliphatic heterocycles. The zero-order chi connectivity index (χ0) is 15.0. The van der Waals surface area contributed by atoms with Gasteiger partial charge in [0.2, 0.25) is 5.91 Å². The average Bonchev–Trinajstić information content (AvgIpc) is 2.46. The summed E-state index contributed by atoms with van der Waals surface area (Å²) in [6.07, 6.45) is 0. The van der Waals surface area contributed by atoms with Gasteiger partial charge in [-0.15, -0.1) is 0 Å². The Hall–Kier alpha value is -3.02. The summed E-state index contributed by atoms with van der Waals surface area (Å²) in [5.41, 5.74) is 8.04. The van der Waals surface area contributed by atoms with E-state index in [1.807, 2.05) is 12.1 Å². The average molecular weight is 283 g/mol. The van der Waals surface area contributed by atoms with Crippen molar-refractivity contribution in [1.82, 2.24) is 0 Å². The van der Waals surface area contributed by atoms with Crippen LogP contribution in [0.1, 0.15) is 10.4 Å². The molecule has 0 unspecified atom stereocenters. The largest absolute Gasteiger partial charge is 0.478 e. The van der Waals surface area contributed by atoms with Crippen molar-refractivity contribution in [2.45, 2.75) is 0 Å². The van der Waals surface area contributed by atoms with E-state index in [0.29, 0.717) is 17.1 Å². The number of aromatic carboxylic acids is 1. The van der Waals surface area contributed by atoms with Gasteiger partial charge < -0.3 is 21.1 Å². The molecule has 21 heavy (non-hydrogen) atoms. The van der Waals surface area contributed by atoms with E-state index in [-0.39, 0.29) is 18.0 Å². The van der Waals surface area contributed by atoms with E-state index >= 15 is 0 Å². The van der Waals surface area contributed by atoms with Crippen LogP contribution in [0.2, 0.25) is 0 Å². The first-order chi connectivity index (χ1) is 10.1. The molecule has 1 amide bonds. The van der Waals surface area contributed by atoms with Crippen LogP contribution >= 0.6 is 0 Å². The summed E-state index contributed by atoms with van der Waals surface area (Å²) in [6.45, 7) is 0.0194. The lowest BCUT2D eigenvalue weighted by Gasteiger charge is -2.32. The summed E-state index contributed by atoms with van der Waals surface area (Å²) in [5.74, 6) is -1.30. The van der Waals surface area contributed by atoms with Gasteiger partial charge in [0.25, 0.3) is 0 Å². The van der Waals surface area contributed by atoms with Crippen LogP contribution in [0, 0.1) is 0 Å². The van der Waals surface area contributed by atoms with Crippen LogP contribution in [0.5, 0.6) is 0 Å². The number of nitrogens with zero attached hydrogens (tertiary/aromatic N) is 1. The van der Waals surface area contributed by atoms with E-state index in [1.54, 1.807) is 29.2 Å². The van der Waals surface area contributed by atoms with Gasteiger partial charge in [-0.3, -0.25) is 4.79 Å². The third-order valence-corrected chi connectivity index (χ3v) is 3.34. The van der Waals surface area contributed by atoms with Crippen LogP contribution in [0.4, 0.5) is 22.7 Å². The van der Waals surface area contributed by atoms with Crippen LogP contribution in [-0.4, -0.2) is 23.5 Å². The highest BCUT2D eigenvalue weighted by Gasteiger charge is 2.27. The highest BCUT2D eigenvalue weighted by atomic mass is 16.4. The summed E-state index contributed by atoms with van der Waals surface area (Å²) < 4.78 is 0. The minimum atomic E-state index is -1.08. The number of anilines is 4. The maximum Gasteiger partial charge on any atom is 0.337 e. The molecule has 1 aliphatic rings. The van der Waals surface area contributed by atoms with Gasteiger partial charge in [-0.1, -0.05) is 18.2 Å². The highest BCUT2D eigenvalue weighted by molar-refractivity contribution is 6.07. The van der Waals surface area contributed by atoms with Gasteiger partial charge in [0.1, 0.15) is 6.54 Å². The van der Waals surface area contributed by atoms with Gasteiger partial charge in [-0.25, -0.2) is 4.79 Å². The molecule has 0 aromatic heterocycles. The van der Waals surface area contributed by atoms with Crippen molar-refractivity contribution in [3.63, 3.8) is 0 Å². The van der Waals surface area contributed by atoms with E-state index in [1.165, 1.54) is 6.07 Å². The van der Waals surface area contributed by atoms with E-state index in [4.69, 9.17) is 5.73 Å². The molecule has 0 bridgehead atoms. The second-order valence-electron chi connectivity index (χ2n) is 4.70. The third-order valence-electron chi connectivity index (χ3n) is 3.34. The molecule has 0 saturated carbocycles. The van der Waals surface area contributed by atoms with Crippen LogP contribution < -0.4 is 16.0 Å². The minimum absolute atomic E-state index is 0.0194. The molecule has 6 nitrogen and oxygen atoms in total. The van der Waals surface area contributed by atoms with Gasteiger partial charge >= 0.3 is 5.97 Å². The van der Waals surface area contributed by atoms with E-state index in [0.717, 1.165) is 5.69 Å². The fourth-order valence-corrected chi connectivity index (χ4v) is 2.47. The molecular weight excluding hydrogens is 270 g/mol. The number of rotatable bonds is 2. The van der Waals surface area contributed by atoms with Gasteiger partial charge in [-0.05, 0) is 24.3 Å². The molecule has 0 aliphatic carbocycles. The predicted molar refractivity (Wildman–Crippen MR) is 79.9 cm³/mol. The Kier molecular flexibility index (Phi) is 2.98. The fraction of sp³-hybridized carbons (Fsp3) is 0.0667. The predicted octanol–water partition coefficient (Wildman–Crippen LogP) is 2.06. The van der Waals surface area contributed by atoms with Crippen molar-refractivity contribution < 1.29 is 14.7 Å². The number of nitrogen functional groups attached to an aromatic ring is 1. The Morgan fingerprint density at radius 3 is 2.71 bits per heavy atom. The molecule has 0 radical (unpaired) electrons. The third kappa shape index (κ3) is 2.16. The Balaban J connectivity index is 2.22. The number of carboxylic acids is 1. The molecule has 3 rings (SSSR count). The second-order valence-corrected chi connectivity index (χ2v) is 4.70. The number of para-hydroxylation sites is 3. The molecule has 0 saturated heterocycles. The first kappa shape index (κ1) is 13.0.